The largest absolute Gasteiger partial charge is 1.00 e. The maximum atomic E-state index is 10.4. The van der Waals surface area contributed by atoms with Gasteiger partial charge in [0, 0.05) is 0 Å². The third-order valence-corrected chi connectivity index (χ3v) is 2.09. The molecule has 1 aliphatic heterocycles. The SMILES string of the molecule is CC1(C(=O)O)OC1(C)C(=O)O.[H-].[H-].[Na+].[Na+]. The molecule has 1 fully saturated rings. The molecule has 2 N–H and O–H groups in total. The summed E-state index contributed by atoms with van der Waals surface area (Å²) in [5.74, 6) is -2.50. The van der Waals surface area contributed by atoms with Crippen LogP contribution in [0.2, 0.25) is 0 Å². The van der Waals surface area contributed by atoms with Crippen molar-refractivity contribution in [1.29, 1.82) is 0 Å². The first-order valence-corrected chi connectivity index (χ1v) is 3.01. The van der Waals surface area contributed by atoms with Gasteiger partial charge in [0.25, 0.3) is 0 Å². The third kappa shape index (κ3) is 2.28. The van der Waals surface area contributed by atoms with Crippen molar-refractivity contribution in [3.8, 4) is 0 Å². The third-order valence-electron chi connectivity index (χ3n) is 2.09. The fraction of sp³-hybridized carbons (Fsp3) is 0.667. The number of carbonyl (C=O) groups is 2. The zero-order valence-corrected chi connectivity index (χ0v) is 12.1. The van der Waals surface area contributed by atoms with Crippen LogP contribution in [0.4, 0.5) is 0 Å². The Kier molecular flexibility index (Phi) is 5.80. The Morgan fingerprint density at radius 3 is 1.38 bits per heavy atom. The van der Waals surface area contributed by atoms with Crippen LogP contribution in [0, 0.1) is 0 Å². The van der Waals surface area contributed by atoms with Crippen molar-refractivity contribution in [3.63, 3.8) is 0 Å². The molecular weight excluding hydrogens is 198 g/mol. The predicted molar refractivity (Wildman–Crippen MR) is 35.4 cm³/mol. The molecule has 2 atom stereocenters. The van der Waals surface area contributed by atoms with Crippen molar-refractivity contribution in [2.75, 3.05) is 0 Å². The molecule has 0 aromatic rings. The molecule has 1 saturated heterocycles. The smallest absolute Gasteiger partial charge is 1.00 e. The van der Waals surface area contributed by atoms with Gasteiger partial charge < -0.3 is 17.8 Å². The van der Waals surface area contributed by atoms with Gasteiger partial charge in [-0.25, -0.2) is 9.59 Å². The molecule has 1 heterocycles. The quantitative estimate of drug-likeness (QED) is 0.348. The molecule has 0 aromatic carbocycles. The van der Waals surface area contributed by atoms with E-state index in [0.717, 1.165) is 0 Å². The van der Waals surface area contributed by atoms with E-state index < -0.39 is 23.1 Å². The fourth-order valence-electron chi connectivity index (χ4n) is 0.878. The van der Waals surface area contributed by atoms with Gasteiger partial charge >= 0.3 is 71.1 Å². The minimum absolute atomic E-state index is 0. The summed E-state index contributed by atoms with van der Waals surface area (Å²) in [7, 11) is 0. The van der Waals surface area contributed by atoms with Crippen LogP contribution in [0.25, 0.3) is 0 Å². The number of hydrogen-bond donors (Lipinski definition) is 2. The summed E-state index contributed by atoms with van der Waals surface area (Å²) in [5, 5.41) is 17.0. The second kappa shape index (κ2) is 4.61. The molecule has 0 bridgehead atoms. The minimum Gasteiger partial charge on any atom is -1.00 e. The van der Waals surface area contributed by atoms with E-state index >= 15 is 0 Å². The number of ether oxygens (including phenoxy) is 1. The molecule has 1 rings (SSSR count). The molecule has 2 unspecified atom stereocenters. The summed E-state index contributed by atoms with van der Waals surface area (Å²) in [6.45, 7) is 2.48. The summed E-state index contributed by atoms with van der Waals surface area (Å²) < 4.78 is 4.62. The van der Waals surface area contributed by atoms with Gasteiger partial charge in [0.15, 0.2) is 0 Å². The van der Waals surface area contributed by atoms with Crippen LogP contribution in [-0.4, -0.2) is 33.4 Å². The first kappa shape index (κ1) is 16.3. The number of carboxylic acids is 2. The van der Waals surface area contributed by atoms with Crippen molar-refractivity contribution >= 4 is 11.9 Å². The van der Waals surface area contributed by atoms with Crippen LogP contribution in [0.3, 0.4) is 0 Å². The molecule has 0 amide bonds. The normalized spacial score (nSPS) is 35.2. The molecule has 5 nitrogen and oxygen atoms in total. The number of carboxylic acid groups (broad SMARTS) is 2. The van der Waals surface area contributed by atoms with Gasteiger partial charge in [-0.15, -0.1) is 0 Å². The average molecular weight is 208 g/mol. The van der Waals surface area contributed by atoms with Crippen LogP contribution in [-0.2, 0) is 14.3 Å². The van der Waals surface area contributed by atoms with Crippen LogP contribution in [0.5, 0.6) is 0 Å². The summed E-state index contributed by atoms with van der Waals surface area (Å²) in [5.41, 5.74) is -3.11. The molecule has 0 aromatic heterocycles. The van der Waals surface area contributed by atoms with Gasteiger partial charge in [-0.1, -0.05) is 0 Å². The molecule has 7 heteroatoms. The van der Waals surface area contributed by atoms with Crippen LogP contribution in [0.1, 0.15) is 16.7 Å². The van der Waals surface area contributed by atoms with Gasteiger partial charge in [-0.2, -0.15) is 0 Å². The summed E-state index contributed by atoms with van der Waals surface area (Å²) in [6.07, 6.45) is 0. The van der Waals surface area contributed by atoms with Crippen LogP contribution < -0.4 is 59.1 Å². The summed E-state index contributed by atoms with van der Waals surface area (Å²) in [6, 6.07) is 0. The molecule has 1 aliphatic rings. The van der Waals surface area contributed by atoms with Gasteiger partial charge in [-0.05, 0) is 13.8 Å². The van der Waals surface area contributed by atoms with Gasteiger partial charge in [-0.3, -0.25) is 0 Å². The monoisotopic (exact) mass is 208 g/mol. The minimum atomic E-state index is -1.56. The summed E-state index contributed by atoms with van der Waals surface area (Å²) >= 11 is 0. The van der Waals surface area contributed by atoms with Crippen molar-refractivity contribution in [1.82, 2.24) is 0 Å². The Hall–Kier alpha value is 0.900. The number of hydrogen-bond acceptors (Lipinski definition) is 3. The van der Waals surface area contributed by atoms with E-state index in [1.807, 2.05) is 0 Å². The number of epoxide rings is 1. The van der Waals surface area contributed by atoms with E-state index in [0.29, 0.717) is 0 Å². The van der Waals surface area contributed by atoms with E-state index in [4.69, 9.17) is 10.2 Å². The Bertz CT molecular complexity index is 228. The molecule has 13 heavy (non-hydrogen) atoms. The van der Waals surface area contributed by atoms with E-state index in [-0.39, 0.29) is 62.0 Å². The molecule has 0 saturated carbocycles. The van der Waals surface area contributed by atoms with Gasteiger partial charge in [0.1, 0.15) is 0 Å². The zero-order chi connectivity index (χ0) is 8.86. The van der Waals surface area contributed by atoms with Crippen molar-refractivity contribution in [2.24, 2.45) is 0 Å². The van der Waals surface area contributed by atoms with E-state index in [1.54, 1.807) is 0 Å². The van der Waals surface area contributed by atoms with Crippen molar-refractivity contribution in [2.45, 2.75) is 25.0 Å². The second-order valence-electron chi connectivity index (χ2n) is 2.78. The molecular formula is C6H10Na2O5. The van der Waals surface area contributed by atoms with E-state index in [2.05, 4.69) is 4.74 Å². The zero-order valence-electron chi connectivity index (χ0n) is 10.1. The maximum absolute atomic E-state index is 10.4. The van der Waals surface area contributed by atoms with Gasteiger partial charge in [0.2, 0.25) is 11.2 Å². The molecule has 0 aliphatic carbocycles. The standard InChI is InChI=1S/C6H8O5.2Na.2H/c1-5(3(7)8)6(2,11-5)4(9)10;;;;/h1-2H3,(H,7,8)(H,9,10);;;;/q;2*+1;2*-1. The van der Waals surface area contributed by atoms with Crippen molar-refractivity contribution in [3.05, 3.63) is 0 Å². The Labute approximate surface area is 122 Å². The van der Waals surface area contributed by atoms with Crippen LogP contribution in [0.15, 0.2) is 0 Å². The van der Waals surface area contributed by atoms with E-state index in [9.17, 15) is 9.59 Å². The predicted octanol–water partition coefficient (Wildman–Crippen LogP) is -6.06. The topological polar surface area (TPSA) is 87.1 Å². The van der Waals surface area contributed by atoms with Crippen molar-refractivity contribution < 1.29 is 86.5 Å². The second-order valence-corrected chi connectivity index (χ2v) is 2.78. The fourth-order valence-corrected chi connectivity index (χ4v) is 0.878. The molecule has 0 spiro atoms. The van der Waals surface area contributed by atoms with E-state index in [1.165, 1.54) is 13.8 Å². The number of rotatable bonds is 2. The van der Waals surface area contributed by atoms with Gasteiger partial charge in [0.05, 0.1) is 0 Å². The number of aliphatic carboxylic acids is 2. The Morgan fingerprint density at radius 2 is 1.31 bits per heavy atom. The Balaban J connectivity index is -0.000000151. The summed E-state index contributed by atoms with van der Waals surface area (Å²) in [4.78, 5) is 20.8. The first-order chi connectivity index (χ1) is 4.84. The maximum Gasteiger partial charge on any atom is 1.00 e. The Morgan fingerprint density at radius 1 is 1.08 bits per heavy atom. The average Bonchev–Trinajstić information content (AvgIpc) is 2.39. The van der Waals surface area contributed by atoms with Crippen LogP contribution >= 0.6 is 0 Å². The molecule has 66 valence electrons. The first-order valence-electron chi connectivity index (χ1n) is 3.01. The molecule has 0 radical (unpaired) electrons.